The zero-order valence-corrected chi connectivity index (χ0v) is 15.5. The lowest BCUT2D eigenvalue weighted by Gasteiger charge is -2.30. The van der Waals surface area contributed by atoms with Gasteiger partial charge in [-0.25, -0.2) is 0 Å². The van der Waals surface area contributed by atoms with Crippen molar-refractivity contribution in [3.63, 3.8) is 0 Å². The Morgan fingerprint density at radius 2 is 1.85 bits per heavy atom. The summed E-state index contributed by atoms with van der Waals surface area (Å²) in [7, 11) is 4.14. The molecule has 2 aromatic carbocycles. The van der Waals surface area contributed by atoms with Crippen LogP contribution in [0, 0.1) is 0 Å². The molecule has 2 heterocycles. The van der Waals surface area contributed by atoms with Crippen molar-refractivity contribution in [1.82, 2.24) is 9.88 Å². The van der Waals surface area contributed by atoms with Crippen LogP contribution in [-0.2, 0) is 0 Å². The van der Waals surface area contributed by atoms with E-state index in [4.69, 9.17) is 0 Å². The van der Waals surface area contributed by atoms with Gasteiger partial charge in [0.2, 0.25) is 0 Å². The van der Waals surface area contributed by atoms with Crippen molar-refractivity contribution in [2.24, 2.45) is 0 Å². The number of hydrogen-bond donors (Lipinski definition) is 2. The minimum atomic E-state index is 0.543. The van der Waals surface area contributed by atoms with Crippen LogP contribution in [0.15, 0.2) is 54.7 Å². The zero-order chi connectivity index (χ0) is 17.9. The molecule has 1 aromatic heterocycles. The third-order valence-corrected chi connectivity index (χ3v) is 5.29. The fourth-order valence-electron chi connectivity index (χ4n) is 3.66. The summed E-state index contributed by atoms with van der Waals surface area (Å²) in [5, 5.41) is 9.40. The maximum atomic E-state index is 4.69. The van der Waals surface area contributed by atoms with Crippen molar-refractivity contribution in [3.05, 3.63) is 54.7 Å². The first-order chi connectivity index (χ1) is 12.7. The van der Waals surface area contributed by atoms with Gasteiger partial charge in [-0.05, 0) is 57.2 Å². The maximum absolute atomic E-state index is 4.69. The molecule has 0 atom stereocenters. The molecule has 0 unspecified atom stereocenters. The molecule has 1 fully saturated rings. The van der Waals surface area contributed by atoms with E-state index in [0.717, 1.165) is 30.0 Å². The summed E-state index contributed by atoms with van der Waals surface area (Å²) >= 11 is 0. The van der Waals surface area contributed by atoms with Gasteiger partial charge >= 0.3 is 0 Å². The van der Waals surface area contributed by atoms with Crippen LogP contribution in [-0.4, -0.2) is 43.1 Å². The minimum Gasteiger partial charge on any atom is -0.388 e. The van der Waals surface area contributed by atoms with E-state index in [1.165, 1.54) is 29.3 Å². The Labute approximate surface area is 155 Å². The number of nitrogens with zero attached hydrogens (tertiary/aromatic N) is 2. The molecular formula is C22H26N4. The number of pyridine rings is 1. The van der Waals surface area contributed by atoms with Crippen molar-refractivity contribution < 1.29 is 0 Å². The maximum Gasteiger partial charge on any atom is 0.0709 e. The largest absolute Gasteiger partial charge is 0.388 e. The van der Waals surface area contributed by atoms with E-state index in [1.807, 2.05) is 13.2 Å². The predicted octanol–water partition coefficient (Wildman–Crippen LogP) is 4.45. The molecule has 0 aliphatic carbocycles. The summed E-state index contributed by atoms with van der Waals surface area (Å²) in [6, 6.07) is 17.6. The van der Waals surface area contributed by atoms with E-state index in [-0.39, 0.29) is 0 Å². The van der Waals surface area contributed by atoms with E-state index in [2.05, 4.69) is 76.1 Å². The average molecular weight is 346 g/mol. The topological polar surface area (TPSA) is 40.2 Å². The number of aromatic nitrogens is 1. The molecule has 0 radical (unpaired) electrons. The van der Waals surface area contributed by atoms with Gasteiger partial charge in [0.1, 0.15) is 0 Å². The average Bonchev–Trinajstić information content (AvgIpc) is 2.70. The van der Waals surface area contributed by atoms with Gasteiger partial charge < -0.3 is 15.5 Å². The molecule has 2 N–H and O–H groups in total. The van der Waals surface area contributed by atoms with Gasteiger partial charge in [0, 0.05) is 47.0 Å². The normalized spacial score (nSPS) is 15.9. The van der Waals surface area contributed by atoms with Crippen LogP contribution in [0.5, 0.6) is 0 Å². The van der Waals surface area contributed by atoms with E-state index >= 15 is 0 Å². The number of nitrogens with one attached hydrogen (secondary N) is 2. The summed E-state index contributed by atoms with van der Waals surface area (Å²) < 4.78 is 0. The highest BCUT2D eigenvalue weighted by Gasteiger charge is 2.17. The minimum absolute atomic E-state index is 0.543. The van der Waals surface area contributed by atoms with Gasteiger partial charge in [-0.1, -0.05) is 24.3 Å². The van der Waals surface area contributed by atoms with Crippen LogP contribution >= 0.6 is 0 Å². The molecule has 3 aromatic rings. The van der Waals surface area contributed by atoms with Gasteiger partial charge in [-0.3, -0.25) is 4.98 Å². The smallest absolute Gasteiger partial charge is 0.0709 e. The van der Waals surface area contributed by atoms with Crippen LogP contribution in [0.4, 0.5) is 11.4 Å². The SMILES string of the molecule is CNc1cccc(-c2cc3c(NC4CCN(C)CC4)cccc3cn2)c1. The number of fused-ring (bicyclic) bond motifs is 1. The van der Waals surface area contributed by atoms with Crippen molar-refractivity contribution >= 4 is 22.1 Å². The molecule has 1 saturated heterocycles. The zero-order valence-electron chi connectivity index (χ0n) is 15.5. The number of likely N-dealkylation sites (tertiary alicyclic amines) is 1. The third kappa shape index (κ3) is 3.51. The molecular weight excluding hydrogens is 320 g/mol. The molecule has 0 amide bonds. The third-order valence-electron chi connectivity index (χ3n) is 5.29. The van der Waals surface area contributed by atoms with Gasteiger partial charge in [0.25, 0.3) is 0 Å². The van der Waals surface area contributed by atoms with E-state index in [1.54, 1.807) is 0 Å². The number of hydrogen-bond acceptors (Lipinski definition) is 4. The molecule has 4 nitrogen and oxygen atoms in total. The molecule has 0 bridgehead atoms. The number of rotatable bonds is 4. The fourth-order valence-corrected chi connectivity index (χ4v) is 3.66. The van der Waals surface area contributed by atoms with E-state index in [9.17, 15) is 0 Å². The lowest BCUT2D eigenvalue weighted by molar-refractivity contribution is 0.264. The molecule has 4 rings (SSSR count). The second kappa shape index (κ2) is 7.34. The number of piperidine rings is 1. The molecule has 1 aliphatic rings. The summed E-state index contributed by atoms with van der Waals surface area (Å²) in [5.74, 6) is 0. The Balaban J connectivity index is 1.68. The molecule has 4 heteroatoms. The van der Waals surface area contributed by atoms with Gasteiger partial charge in [0.05, 0.1) is 5.69 Å². The lowest BCUT2D eigenvalue weighted by atomic mass is 10.0. The Bertz CT molecular complexity index is 898. The lowest BCUT2D eigenvalue weighted by Crippen LogP contribution is -2.36. The first-order valence-corrected chi connectivity index (χ1v) is 9.35. The molecule has 134 valence electrons. The quantitative estimate of drug-likeness (QED) is 0.732. The second-order valence-corrected chi connectivity index (χ2v) is 7.15. The first kappa shape index (κ1) is 16.9. The Kier molecular flexibility index (Phi) is 4.76. The Morgan fingerprint density at radius 3 is 2.65 bits per heavy atom. The van der Waals surface area contributed by atoms with Crippen LogP contribution in [0.2, 0.25) is 0 Å². The first-order valence-electron chi connectivity index (χ1n) is 9.35. The van der Waals surface area contributed by atoms with Crippen LogP contribution in [0.1, 0.15) is 12.8 Å². The van der Waals surface area contributed by atoms with Crippen LogP contribution in [0.3, 0.4) is 0 Å². The van der Waals surface area contributed by atoms with E-state index in [0.29, 0.717) is 6.04 Å². The van der Waals surface area contributed by atoms with Crippen LogP contribution in [0.25, 0.3) is 22.0 Å². The Hall–Kier alpha value is -2.59. The van der Waals surface area contributed by atoms with Gasteiger partial charge in [0.15, 0.2) is 0 Å². The summed E-state index contributed by atoms with van der Waals surface area (Å²) in [5.41, 5.74) is 4.45. The molecule has 26 heavy (non-hydrogen) atoms. The monoisotopic (exact) mass is 346 g/mol. The molecule has 0 spiro atoms. The highest BCUT2D eigenvalue weighted by Crippen LogP contribution is 2.29. The predicted molar refractivity (Wildman–Crippen MR) is 111 cm³/mol. The van der Waals surface area contributed by atoms with Crippen molar-refractivity contribution in [1.29, 1.82) is 0 Å². The van der Waals surface area contributed by atoms with Crippen molar-refractivity contribution in [3.8, 4) is 11.3 Å². The van der Waals surface area contributed by atoms with E-state index < -0.39 is 0 Å². The standard InChI is InChI=1S/C22H26N4/c1-23-19-7-3-5-16(13-19)22-14-20-17(15-24-22)6-4-8-21(20)25-18-9-11-26(2)12-10-18/h3-8,13-15,18,23,25H,9-12H2,1-2H3. The highest BCUT2D eigenvalue weighted by molar-refractivity contribution is 5.95. The number of benzene rings is 2. The van der Waals surface area contributed by atoms with Crippen molar-refractivity contribution in [2.75, 3.05) is 37.8 Å². The van der Waals surface area contributed by atoms with Crippen molar-refractivity contribution in [2.45, 2.75) is 18.9 Å². The highest BCUT2D eigenvalue weighted by atomic mass is 15.1. The Morgan fingerprint density at radius 1 is 1.04 bits per heavy atom. The van der Waals surface area contributed by atoms with Gasteiger partial charge in [-0.15, -0.1) is 0 Å². The molecule has 0 saturated carbocycles. The summed E-state index contributed by atoms with van der Waals surface area (Å²) in [6.07, 6.45) is 4.36. The number of anilines is 2. The summed E-state index contributed by atoms with van der Waals surface area (Å²) in [6.45, 7) is 2.32. The van der Waals surface area contributed by atoms with Gasteiger partial charge in [-0.2, -0.15) is 0 Å². The fraction of sp³-hybridized carbons (Fsp3) is 0.318. The summed E-state index contributed by atoms with van der Waals surface area (Å²) in [4.78, 5) is 7.09. The van der Waals surface area contributed by atoms with Crippen LogP contribution < -0.4 is 10.6 Å². The second-order valence-electron chi connectivity index (χ2n) is 7.15. The molecule has 1 aliphatic heterocycles.